The molecule has 0 aliphatic heterocycles. The smallest absolute Gasteiger partial charge is 0.326 e. The van der Waals surface area contributed by atoms with Gasteiger partial charge >= 0.3 is 23.9 Å². The highest BCUT2D eigenvalue weighted by Crippen LogP contribution is 2.19. The van der Waals surface area contributed by atoms with E-state index in [2.05, 4.69) is 74.4 Å². The van der Waals surface area contributed by atoms with Crippen LogP contribution >= 0.6 is 11.8 Å². The van der Waals surface area contributed by atoms with Crippen molar-refractivity contribution >= 4 is 124 Å². The van der Waals surface area contributed by atoms with Gasteiger partial charge in [0.2, 0.25) is 88.6 Å². The number of primary amides is 1. The van der Waals surface area contributed by atoms with E-state index in [9.17, 15) is 127 Å². The lowest BCUT2D eigenvalue weighted by molar-refractivity contribution is -0.143. The first kappa shape index (κ1) is 112. The van der Waals surface area contributed by atoms with E-state index in [1.807, 2.05) is 0 Å². The van der Waals surface area contributed by atoms with E-state index in [0.29, 0.717) is 16.9 Å². The largest absolute Gasteiger partial charge is 0.508 e. The maximum Gasteiger partial charge on any atom is 0.326 e. The molecule has 0 unspecified atom stereocenters. The maximum atomic E-state index is 14.7. The number of hydrogen-bond donors (Lipinski definition) is 24. The molecular formula is C84H133N17O26S. The Morgan fingerprint density at radius 1 is 0.383 bits per heavy atom. The number of unbranched alkanes of at least 4 members (excludes halogenated alkanes) is 1. The fourth-order valence-corrected chi connectivity index (χ4v) is 13.4. The van der Waals surface area contributed by atoms with Gasteiger partial charge in [-0.2, -0.15) is 11.8 Å². The highest BCUT2D eigenvalue weighted by molar-refractivity contribution is 7.98. The summed E-state index contributed by atoms with van der Waals surface area (Å²) in [5.41, 5.74) is 18.5. The number of amides is 15. The van der Waals surface area contributed by atoms with Crippen molar-refractivity contribution in [1.82, 2.24) is 74.4 Å². The lowest BCUT2D eigenvalue weighted by Crippen LogP contribution is -2.63. The van der Waals surface area contributed by atoms with Gasteiger partial charge in [0, 0.05) is 25.7 Å². The molecule has 716 valence electrons. The number of thioether (sulfide) groups is 1. The van der Waals surface area contributed by atoms with Crippen molar-refractivity contribution in [2.24, 2.45) is 46.8 Å². The van der Waals surface area contributed by atoms with E-state index >= 15 is 0 Å². The van der Waals surface area contributed by atoms with Crippen LogP contribution in [0.1, 0.15) is 184 Å². The number of phenols is 1. The average Bonchev–Trinajstić information content (AvgIpc) is 0.841. The Hall–Kier alpha value is -11.6. The van der Waals surface area contributed by atoms with Crippen LogP contribution in [0.5, 0.6) is 5.75 Å². The maximum absolute atomic E-state index is 14.7. The fraction of sp³-hybridized carbons (Fsp3) is 0.631. The molecule has 0 spiro atoms. The van der Waals surface area contributed by atoms with Crippen LogP contribution in [0, 0.1) is 29.6 Å². The molecule has 2 aromatic carbocycles. The Labute approximate surface area is 747 Å². The summed E-state index contributed by atoms with van der Waals surface area (Å²) in [5, 5.41) is 105. The molecule has 0 bridgehead atoms. The minimum Gasteiger partial charge on any atom is -0.508 e. The predicted molar refractivity (Wildman–Crippen MR) is 466 cm³/mol. The minimum atomic E-state index is -1.96. The zero-order valence-corrected chi connectivity index (χ0v) is 75.3. The van der Waals surface area contributed by atoms with E-state index in [0.717, 1.165) is 6.92 Å². The van der Waals surface area contributed by atoms with Crippen LogP contribution in [-0.4, -0.2) is 270 Å². The Morgan fingerprint density at radius 3 is 1.17 bits per heavy atom. The number of carbonyl (C=O) groups is 19. The first-order valence-electron chi connectivity index (χ1n) is 42.6. The van der Waals surface area contributed by atoms with Crippen LogP contribution < -0.4 is 91.6 Å². The lowest BCUT2D eigenvalue weighted by atomic mass is 9.95. The summed E-state index contributed by atoms with van der Waals surface area (Å²) in [6.45, 7) is 16.2. The number of hydrogen-bond acceptors (Lipinski definition) is 25. The normalized spacial score (nSPS) is 15.5. The molecule has 0 aliphatic rings. The molecule has 0 fully saturated rings. The number of carbonyl (C=O) groups excluding carboxylic acids is 15. The quantitative estimate of drug-likeness (QED) is 0.0292. The van der Waals surface area contributed by atoms with Crippen molar-refractivity contribution in [3.63, 3.8) is 0 Å². The standard InChI is InChI=1S/C84H133N17O26S/c1-13-45(9)67(81(123)91-53(27-30-62(87)105)73(115)97-61(41-102)79(121)93-57(36-42(3)4)75(117)90-54(28-31-63(106)107)72(114)92-56(84(126)127)33-35-128-12)99-74(116)55(29-32-64(108)109)89-71(113)52(22-18-19-34-85)88-76(118)58(37-43(5)6)95-83(125)69(47(11)103)101-78(120)59(39-48-20-16-15-17-21-48)94-77(119)60(40-65(110)111)96-82(124)68(46(10)14-2)100-80(122)66(44(7)8)98-70(112)51(86)38-49-23-25-50(104)26-24-49/h15-17,20-21,23-26,42-47,51-61,66-69,102-104H,13-14,18-19,22,27-41,85-86H2,1-12H3,(H2,87,105)(H,88,118)(H,89,113)(H,90,117)(H,91,123)(H,92,114)(H,93,121)(H,94,119)(H,95,125)(H,96,124)(H,97,115)(H,98,112)(H,99,116)(H,100,122)(H,101,120)(H,106,107)(H,108,109)(H,110,111)(H,126,127)/t45-,46-,47+,51-,52-,53-,54-,55-,56-,57-,58-,59-,60-,61-,66-,67-,68-,69-/m0/s1. The van der Waals surface area contributed by atoms with E-state index in [-0.39, 0.29) is 82.4 Å². The number of carboxylic acids is 4. The number of benzene rings is 2. The van der Waals surface area contributed by atoms with Crippen molar-refractivity contribution in [2.75, 3.05) is 25.2 Å². The number of aliphatic hydroxyl groups is 2. The topological polar surface area (TPSA) is 712 Å². The minimum absolute atomic E-state index is 0.0129. The van der Waals surface area contributed by atoms with Crippen LogP contribution in [0.25, 0.3) is 0 Å². The molecule has 0 aliphatic carbocycles. The zero-order chi connectivity index (χ0) is 96.9. The van der Waals surface area contributed by atoms with E-state index in [1.54, 1.807) is 111 Å². The monoisotopic (exact) mass is 1830 g/mol. The van der Waals surface area contributed by atoms with Gasteiger partial charge in [-0.05, 0) is 143 Å². The SMILES string of the molecule is CC[C@H](C)[C@H](NC(=O)[C@H](CCC(=O)O)NC(=O)[C@H](CCCCN)NC(=O)[C@H](CC(C)C)NC(=O)[C@@H](NC(=O)[C@H](Cc1ccccc1)NC(=O)[C@H](CC(=O)O)NC(=O)[C@@H](NC(=O)[C@@H](NC(=O)[C@@H](N)Cc1ccc(O)cc1)C(C)C)[C@@H](C)CC)[C@@H](C)O)C(=O)N[C@@H](CCC(N)=O)C(=O)N[C@@H](CO)C(=O)N[C@@H](CC(C)C)C(=O)N[C@@H](CCC(=O)O)C(=O)N[C@@H](CCSC)C(=O)O. The van der Waals surface area contributed by atoms with E-state index < -0.39 is 284 Å². The summed E-state index contributed by atoms with van der Waals surface area (Å²) in [6, 6.07) is -10.7. The first-order chi connectivity index (χ1) is 60.1. The lowest BCUT2D eigenvalue weighted by Gasteiger charge is -2.30. The molecule has 44 heteroatoms. The summed E-state index contributed by atoms with van der Waals surface area (Å²) < 4.78 is 0. The van der Waals surface area contributed by atoms with Gasteiger partial charge in [-0.15, -0.1) is 0 Å². The Bertz CT molecular complexity index is 4050. The highest BCUT2D eigenvalue weighted by atomic mass is 32.2. The third-order valence-electron chi connectivity index (χ3n) is 20.7. The van der Waals surface area contributed by atoms with Crippen molar-refractivity contribution in [3.8, 4) is 5.75 Å². The second-order valence-electron chi connectivity index (χ2n) is 32.8. The van der Waals surface area contributed by atoms with Crippen LogP contribution in [0.4, 0.5) is 0 Å². The molecule has 2 rings (SSSR count). The summed E-state index contributed by atoms with van der Waals surface area (Å²) in [5.74, 6) is -24.7. The van der Waals surface area contributed by atoms with Gasteiger partial charge in [0.15, 0.2) is 0 Å². The molecule has 27 N–H and O–H groups in total. The zero-order valence-electron chi connectivity index (χ0n) is 74.5. The van der Waals surface area contributed by atoms with Gasteiger partial charge in [-0.3, -0.25) is 86.3 Å². The number of carboxylic acid groups (broad SMARTS) is 4. The van der Waals surface area contributed by atoms with Crippen LogP contribution in [0.2, 0.25) is 0 Å². The van der Waals surface area contributed by atoms with Gasteiger partial charge in [0.25, 0.3) is 0 Å². The van der Waals surface area contributed by atoms with Crippen molar-refractivity contribution in [3.05, 3.63) is 65.7 Å². The molecule has 0 heterocycles. The average molecular weight is 1830 g/mol. The molecule has 18 atom stereocenters. The number of aliphatic carboxylic acids is 4. The third kappa shape index (κ3) is 41.4. The van der Waals surface area contributed by atoms with E-state index in [1.165, 1.54) is 30.8 Å². The number of nitrogens with one attached hydrogen (secondary N) is 14. The van der Waals surface area contributed by atoms with Crippen molar-refractivity contribution in [1.29, 1.82) is 0 Å². The molecule has 0 saturated carbocycles. The fourth-order valence-electron chi connectivity index (χ4n) is 13.0. The molecule has 0 saturated heterocycles. The summed E-state index contributed by atoms with van der Waals surface area (Å²) in [4.78, 5) is 260. The third-order valence-corrected chi connectivity index (χ3v) is 21.4. The second-order valence-corrected chi connectivity index (χ2v) is 33.8. The van der Waals surface area contributed by atoms with Gasteiger partial charge in [0.1, 0.15) is 90.3 Å². The van der Waals surface area contributed by atoms with Crippen LogP contribution in [-0.2, 0) is 104 Å². The predicted octanol–water partition coefficient (Wildman–Crippen LogP) is -3.06. The number of nitrogens with two attached hydrogens (primary N) is 3. The van der Waals surface area contributed by atoms with E-state index in [4.69, 9.17) is 17.2 Å². The highest BCUT2D eigenvalue weighted by Gasteiger charge is 2.41. The van der Waals surface area contributed by atoms with Gasteiger partial charge < -0.3 is 127 Å². The molecule has 15 amide bonds. The molecule has 0 aromatic heterocycles. The number of phenolic OH excluding ortho intramolecular Hbond substituents is 1. The number of aliphatic hydroxyl groups excluding tert-OH is 2. The Kier molecular flexibility index (Phi) is 50.9. The number of aromatic hydroxyl groups is 1. The van der Waals surface area contributed by atoms with Crippen molar-refractivity contribution in [2.45, 2.75) is 282 Å². The van der Waals surface area contributed by atoms with Crippen LogP contribution in [0.15, 0.2) is 54.6 Å². The molecular weight excluding hydrogens is 1700 g/mol. The van der Waals surface area contributed by atoms with Gasteiger partial charge in [0.05, 0.1) is 25.2 Å². The van der Waals surface area contributed by atoms with Gasteiger partial charge in [-0.25, -0.2) is 4.79 Å². The van der Waals surface area contributed by atoms with Crippen LogP contribution in [0.3, 0.4) is 0 Å². The molecule has 2 aromatic rings. The van der Waals surface area contributed by atoms with Gasteiger partial charge in [-0.1, -0.05) is 125 Å². The molecule has 43 nitrogen and oxygen atoms in total. The second kappa shape index (κ2) is 57.9. The Balaban J connectivity index is 2.56. The first-order valence-corrected chi connectivity index (χ1v) is 44.0. The summed E-state index contributed by atoms with van der Waals surface area (Å²) in [7, 11) is 0. The molecule has 128 heavy (non-hydrogen) atoms. The van der Waals surface area contributed by atoms with Crippen molar-refractivity contribution < 1.29 is 127 Å². The summed E-state index contributed by atoms with van der Waals surface area (Å²) >= 11 is 1.29. The molecule has 0 radical (unpaired) electrons. The number of rotatable bonds is 62. The Morgan fingerprint density at radius 2 is 0.742 bits per heavy atom. The summed E-state index contributed by atoms with van der Waals surface area (Å²) in [6.07, 6.45) is -5.22.